The quantitative estimate of drug-likeness (QED) is 0.478. The molecule has 0 saturated carbocycles. The minimum Gasteiger partial charge on any atom is -0.485 e. The van der Waals surface area contributed by atoms with Gasteiger partial charge in [-0.25, -0.2) is 14.6 Å². The van der Waals surface area contributed by atoms with Gasteiger partial charge in [-0.05, 0) is 36.0 Å². The number of nitrogens with one attached hydrogen (secondary N) is 1. The summed E-state index contributed by atoms with van der Waals surface area (Å²) in [4.78, 5) is 9.34. The predicted molar refractivity (Wildman–Crippen MR) is 98.0 cm³/mol. The zero-order valence-electron chi connectivity index (χ0n) is 13.9. The van der Waals surface area contributed by atoms with E-state index < -0.39 is 0 Å². The maximum atomic E-state index is 6.07. The Hall–Kier alpha value is -3.33. The summed E-state index contributed by atoms with van der Waals surface area (Å²) < 4.78 is 13.7. The van der Waals surface area contributed by atoms with Crippen molar-refractivity contribution in [3.63, 3.8) is 0 Å². The van der Waals surface area contributed by atoms with E-state index in [0.29, 0.717) is 29.2 Å². The molecule has 1 N–H and O–H groups in total. The van der Waals surface area contributed by atoms with Gasteiger partial charge in [-0.2, -0.15) is 0 Å². The molecule has 0 saturated heterocycles. The highest BCUT2D eigenvalue weighted by Gasteiger charge is 2.31. The summed E-state index contributed by atoms with van der Waals surface area (Å²) in [6, 6.07) is 15.4. The van der Waals surface area contributed by atoms with Crippen LogP contribution in [-0.4, -0.2) is 31.4 Å². The Bertz CT molecular complexity index is 1190. The van der Waals surface area contributed by atoms with Gasteiger partial charge in [-0.15, -0.1) is 10.2 Å². The molecule has 0 radical (unpaired) electrons. The summed E-state index contributed by atoms with van der Waals surface area (Å²) in [7, 11) is 0. The number of aromatic nitrogens is 5. The van der Waals surface area contributed by atoms with Crippen LogP contribution in [-0.2, 0) is 0 Å². The molecular weight excluding hydrogens is 364 g/mol. The van der Waals surface area contributed by atoms with Crippen molar-refractivity contribution >= 4 is 28.6 Å². The van der Waals surface area contributed by atoms with Gasteiger partial charge in [-0.3, -0.25) is 5.43 Å². The van der Waals surface area contributed by atoms with Crippen molar-refractivity contribution in [1.29, 1.82) is 0 Å². The van der Waals surface area contributed by atoms with Gasteiger partial charge in [0.05, 0.1) is 11.0 Å². The molecule has 1 atom stereocenters. The average Bonchev–Trinajstić information content (AvgIpc) is 3.12. The molecule has 2 aliphatic heterocycles. The van der Waals surface area contributed by atoms with Crippen LogP contribution in [0.15, 0.2) is 58.7 Å². The highest BCUT2D eigenvalue weighted by molar-refractivity contribution is 7.99. The maximum absolute atomic E-state index is 6.07. The number of ether oxygens (including phenoxy) is 2. The maximum Gasteiger partial charge on any atom is 0.216 e. The molecule has 8 nitrogen and oxygen atoms in total. The van der Waals surface area contributed by atoms with Crippen molar-refractivity contribution in [1.82, 2.24) is 24.8 Å². The lowest BCUT2D eigenvalue weighted by molar-refractivity contribution is 0.0829. The van der Waals surface area contributed by atoms with E-state index in [1.54, 1.807) is 4.68 Å². The lowest BCUT2D eigenvalue weighted by Crippen LogP contribution is -2.28. The van der Waals surface area contributed by atoms with E-state index in [9.17, 15) is 0 Å². The van der Waals surface area contributed by atoms with E-state index in [1.165, 1.54) is 11.8 Å². The van der Waals surface area contributed by atoms with Crippen LogP contribution in [0.4, 0.5) is 5.82 Å². The lowest BCUT2D eigenvalue weighted by atomic mass is 10.2. The van der Waals surface area contributed by atoms with E-state index in [0.717, 1.165) is 21.8 Å². The molecule has 2 aromatic heterocycles. The van der Waals surface area contributed by atoms with Gasteiger partial charge in [0.1, 0.15) is 11.6 Å². The Kier molecular flexibility index (Phi) is 3.06. The van der Waals surface area contributed by atoms with E-state index in [4.69, 9.17) is 9.47 Å². The Morgan fingerprint density at radius 1 is 0.963 bits per heavy atom. The second-order valence-corrected chi connectivity index (χ2v) is 7.08. The summed E-state index contributed by atoms with van der Waals surface area (Å²) in [5.41, 5.74) is 4.94. The predicted octanol–water partition coefficient (Wildman–Crippen LogP) is 3.07. The second kappa shape index (κ2) is 5.58. The molecule has 0 unspecified atom stereocenters. The molecular formula is C18H12N6O2S. The van der Waals surface area contributed by atoms with Crippen molar-refractivity contribution in [2.75, 3.05) is 12.0 Å². The molecule has 0 bridgehead atoms. The van der Waals surface area contributed by atoms with Gasteiger partial charge >= 0.3 is 0 Å². The molecule has 6 rings (SSSR count). The summed E-state index contributed by atoms with van der Waals surface area (Å²) >= 11 is 1.42. The Balaban J connectivity index is 1.37. The standard InChI is InChI=1S/C18H12N6O2S/c1-2-6-11-10(5-1)19-15-17(20-11)27-18-22-21-16(24(18)23-15)14-9-25-12-7-3-4-8-13(12)26-14/h1-8,14H,9H2,(H,19,23)/t14-/m1/s1. The molecule has 0 amide bonds. The fourth-order valence-electron chi connectivity index (χ4n) is 3.13. The van der Waals surface area contributed by atoms with Crippen molar-refractivity contribution in [2.24, 2.45) is 0 Å². The topological polar surface area (TPSA) is 87.0 Å². The first-order chi connectivity index (χ1) is 13.3. The molecule has 9 heteroatoms. The van der Waals surface area contributed by atoms with Gasteiger partial charge in [-0.1, -0.05) is 24.3 Å². The fourth-order valence-corrected chi connectivity index (χ4v) is 3.94. The summed E-state index contributed by atoms with van der Waals surface area (Å²) in [6.07, 6.45) is -0.371. The van der Waals surface area contributed by atoms with Crippen LogP contribution in [0.1, 0.15) is 11.9 Å². The Labute approximate surface area is 157 Å². The summed E-state index contributed by atoms with van der Waals surface area (Å²) in [6.45, 7) is 0.359. The average molecular weight is 376 g/mol. The third kappa shape index (κ3) is 2.32. The highest BCUT2D eigenvalue weighted by Crippen LogP contribution is 2.39. The summed E-state index contributed by atoms with van der Waals surface area (Å²) in [5.74, 6) is 2.73. The minimum absolute atomic E-state index is 0.359. The number of benzene rings is 2. The number of rotatable bonds is 1. The number of hydrogen-bond acceptors (Lipinski definition) is 8. The van der Waals surface area contributed by atoms with Crippen LogP contribution < -0.4 is 14.9 Å². The first-order valence-electron chi connectivity index (χ1n) is 8.40. The summed E-state index contributed by atoms with van der Waals surface area (Å²) in [5, 5.41) is 10.0. The lowest BCUT2D eigenvalue weighted by Gasteiger charge is -2.27. The monoisotopic (exact) mass is 376 g/mol. The van der Waals surface area contributed by atoms with Crippen molar-refractivity contribution in [2.45, 2.75) is 16.3 Å². The number of nitrogens with zero attached hydrogens (tertiary/aromatic N) is 5. The van der Waals surface area contributed by atoms with Crippen LogP contribution in [0.2, 0.25) is 0 Å². The number of fused-ring (bicyclic) bond motifs is 4. The van der Waals surface area contributed by atoms with Gasteiger partial charge < -0.3 is 9.47 Å². The number of hydrogen-bond donors (Lipinski definition) is 1. The molecule has 27 heavy (non-hydrogen) atoms. The molecule has 0 spiro atoms. The Morgan fingerprint density at radius 2 is 1.74 bits per heavy atom. The zero-order chi connectivity index (χ0) is 17.8. The van der Waals surface area contributed by atoms with Crippen LogP contribution in [0.3, 0.4) is 0 Å². The first kappa shape index (κ1) is 14.8. The van der Waals surface area contributed by atoms with Gasteiger partial charge in [0.25, 0.3) is 0 Å². The third-order valence-electron chi connectivity index (χ3n) is 4.40. The number of para-hydroxylation sites is 4. The smallest absolute Gasteiger partial charge is 0.216 e. The first-order valence-corrected chi connectivity index (χ1v) is 9.22. The van der Waals surface area contributed by atoms with Crippen molar-refractivity contribution in [3.8, 4) is 11.5 Å². The Morgan fingerprint density at radius 3 is 2.63 bits per heavy atom. The highest BCUT2D eigenvalue weighted by atomic mass is 32.2. The zero-order valence-corrected chi connectivity index (χ0v) is 14.7. The third-order valence-corrected chi connectivity index (χ3v) is 5.32. The molecule has 2 aliphatic rings. The molecule has 2 aromatic carbocycles. The van der Waals surface area contributed by atoms with E-state index in [-0.39, 0.29) is 6.10 Å². The van der Waals surface area contributed by atoms with Gasteiger partial charge in [0.15, 0.2) is 29.2 Å². The van der Waals surface area contributed by atoms with Crippen molar-refractivity contribution < 1.29 is 9.47 Å². The molecule has 0 fully saturated rings. The molecule has 132 valence electrons. The number of anilines is 1. The van der Waals surface area contributed by atoms with Crippen LogP contribution in [0.25, 0.3) is 11.0 Å². The van der Waals surface area contributed by atoms with E-state index >= 15 is 0 Å². The largest absolute Gasteiger partial charge is 0.485 e. The van der Waals surface area contributed by atoms with E-state index in [2.05, 4.69) is 25.6 Å². The molecule has 4 heterocycles. The van der Waals surface area contributed by atoms with Crippen LogP contribution >= 0.6 is 11.8 Å². The van der Waals surface area contributed by atoms with Crippen molar-refractivity contribution in [3.05, 3.63) is 54.4 Å². The second-order valence-electron chi connectivity index (χ2n) is 6.12. The molecule has 0 aliphatic carbocycles. The minimum atomic E-state index is -0.371. The molecule has 4 aromatic rings. The fraction of sp³-hybridized carbons (Fsp3) is 0.111. The van der Waals surface area contributed by atoms with Crippen LogP contribution in [0.5, 0.6) is 11.5 Å². The van der Waals surface area contributed by atoms with Crippen LogP contribution in [0, 0.1) is 0 Å². The normalized spacial score (nSPS) is 17.1. The van der Waals surface area contributed by atoms with Gasteiger partial charge in [0, 0.05) is 0 Å². The SMILES string of the molecule is c1ccc2c(c1)OC[C@H](c1nnc3n1Nc1nc4ccccc4nc1S3)O2. The van der Waals surface area contributed by atoms with Gasteiger partial charge in [0.2, 0.25) is 5.16 Å². The van der Waals surface area contributed by atoms with E-state index in [1.807, 2.05) is 48.5 Å².